The molecule has 0 spiro atoms. The summed E-state index contributed by atoms with van der Waals surface area (Å²) in [6.45, 7) is 1.84. The average Bonchev–Trinajstić information content (AvgIpc) is 2.99. The summed E-state index contributed by atoms with van der Waals surface area (Å²) in [6, 6.07) is 10.8. The van der Waals surface area contributed by atoms with Gasteiger partial charge in [-0.25, -0.2) is 17.8 Å². The lowest BCUT2D eigenvalue weighted by Gasteiger charge is -2.11. The van der Waals surface area contributed by atoms with Crippen LogP contribution in [0.15, 0.2) is 57.6 Å². The molecule has 124 valence electrons. The number of benzene rings is 2. The molecular weight excluding hydrogens is 367 g/mol. The molecule has 0 unspecified atom stereocenters. The Kier molecular flexibility index (Phi) is 4.62. The highest BCUT2D eigenvalue weighted by Crippen LogP contribution is 2.34. The molecule has 1 heterocycles. The fraction of sp³-hybridized carbons (Fsp3) is 0.0625. The molecule has 0 amide bonds. The first-order valence-electron chi connectivity index (χ1n) is 6.90. The van der Waals surface area contributed by atoms with E-state index >= 15 is 0 Å². The molecule has 0 atom stereocenters. The number of thiazole rings is 1. The molecule has 3 rings (SSSR count). The number of rotatable bonds is 4. The third-order valence-electron chi connectivity index (χ3n) is 3.26. The van der Waals surface area contributed by atoms with Crippen molar-refractivity contribution in [2.24, 2.45) is 0 Å². The van der Waals surface area contributed by atoms with Gasteiger partial charge in [0.2, 0.25) is 0 Å². The minimum Gasteiger partial charge on any atom is -0.277 e. The van der Waals surface area contributed by atoms with Crippen molar-refractivity contribution in [3.8, 4) is 10.6 Å². The molecule has 0 aliphatic carbocycles. The van der Waals surface area contributed by atoms with Gasteiger partial charge in [0.25, 0.3) is 10.0 Å². The zero-order valence-electron chi connectivity index (χ0n) is 12.5. The van der Waals surface area contributed by atoms with Gasteiger partial charge in [0.1, 0.15) is 5.01 Å². The molecule has 0 fully saturated rings. The van der Waals surface area contributed by atoms with Crippen molar-refractivity contribution in [2.45, 2.75) is 16.7 Å². The number of halogens is 1. The van der Waals surface area contributed by atoms with Crippen molar-refractivity contribution in [1.82, 2.24) is 4.98 Å². The van der Waals surface area contributed by atoms with E-state index in [9.17, 15) is 12.8 Å². The maximum Gasteiger partial charge on any atom is 0.261 e. The number of aromatic nitrogens is 1. The lowest BCUT2D eigenvalue weighted by molar-refractivity contribution is 0.594. The first kappa shape index (κ1) is 16.9. The van der Waals surface area contributed by atoms with Crippen LogP contribution in [0.3, 0.4) is 0 Å². The minimum atomic E-state index is -3.86. The van der Waals surface area contributed by atoms with Gasteiger partial charge in [-0.15, -0.1) is 24.0 Å². The quantitative estimate of drug-likeness (QED) is 0.662. The van der Waals surface area contributed by atoms with E-state index < -0.39 is 15.8 Å². The van der Waals surface area contributed by atoms with Crippen LogP contribution in [0.4, 0.5) is 10.1 Å². The van der Waals surface area contributed by atoms with Crippen LogP contribution in [-0.4, -0.2) is 13.4 Å². The standard InChI is InChI=1S/C16H13FN2O2S3/c1-10-9-23-16(18-10)12-7-8-13(14(17)15(12)22)19-24(20,21)11-5-3-2-4-6-11/h2-9,19,22H,1H3. The Bertz CT molecular complexity index is 986. The molecule has 1 aromatic heterocycles. The van der Waals surface area contributed by atoms with E-state index in [1.807, 2.05) is 12.3 Å². The number of sulfonamides is 1. The molecule has 8 heteroatoms. The highest BCUT2D eigenvalue weighted by molar-refractivity contribution is 7.92. The predicted octanol–water partition coefficient (Wildman–Crippen LogP) is 4.35. The first-order valence-corrected chi connectivity index (χ1v) is 9.71. The molecule has 24 heavy (non-hydrogen) atoms. The van der Waals surface area contributed by atoms with Crippen molar-refractivity contribution in [3.63, 3.8) is 0 Å². The monoisotopic (exact) mass is 380 g/mol. The summed E-state index contributed by atoms with van der Waals surface area (Å²) in [4.78, 5) is 4.41. The number of thiol groups is 1. The summed E-state index contributed by atoms with van der Waals surface area (Å²) in [5.74, 6) is -0.733. The maximum absolute atomic E-state index is 14.6. The zero-order chi connectivity index (χ0) is 17.3. The van der Waals surface area contributed by atoms with Gasteiger partial charge >= 0.3 is 0 Å². The van der Waals surface area contributed by atoms with Gasteiger partial charge < -0.3 is 0 Å². The van der Waals surface area contributed by atoms with Crippen LogP contribution in [0.25, 0.3) is 10.6 Å². The molecule has 4 nitrogen and oxygen atoms in total. The summed E-state index contributed by atoms with van der Waals surface area (Å²) >= 11 is 5.57. The minimum absolute atomic E-state index is 0.0533. The van der Waals surface area contributed by atoms with E-state index in [1.54, 1.807) is 24.3 Å². The van der Waals surface area contributed by atoms with E-state index in [0.717, 1.165) is 5.69 Å². The second-order valence-corrected chi connectivity index (χ2v) is 8.02. The van der Waals surface area contributed by atoms with E-state index in [4.69, 9.17) is 0 Å². The highest BCUT2D eigenvalue weighted by Gasteiger charge is 2.19. The van der Waals surface area contributed by atoms with Crippen LogP contribution in [0.1, 0.15) is 5.69 Å². The summed E-state index contributed by atoms with van der Waals surface area (Å²) in [6.07, 6.45) is 0. The average molecular weight is 380 g/mol. The van der Waals surface area contributed by atoms with Crippen LogP contribution >= 0.6 is 24.0 Å². The Hall–Kier alpha value is -1.90. The molecule has 0 radical (unpaired) electrons. The van der Waals surface area contributed by atoms with Gasteiger partial charge in [-0.2, -0.15) is 0 Å². The van der Waals surface area contributed by atoms with Gasteiger partial charge in [-0.05, 0) is 31.2 Å². The Morgan fingerprint density at radius 3 is 2.50 bits per heavy atom. The predicted molar refractivity (Wildman–Crippen MR) is 96.7 cm³/mol. The number of anilines is 1. The Balaban J connectivity index is 1.97. The summed E-state index contributed by atoms with van der Waals surface area (Å²) in [7, 11) is -3.86. The number of nitrogens with zero attached hydrogens (tertiary/aromatic N) is 1. The molecule has 0 aliphatic rings. The molecule has 2 aromatic carbocycles. The smallest absolute Gasteiger partial charge is 0.261 e. The maximum atomic E-state index is 14.6. The third-order valence-corrected chi connectivity index (χ3v) is 6.08. The van der Waals surface area contributed by atoms with Gasteiger partial charge in [0.15, 0.2) is 5.82 Å². The van der Waals surface area contributed by atoms with Crippen LogP contribution in [-0.2, 0) is 10.0 Å². The van der Waals surface area contributed by atoms with Gasteiger partial charge in [-0.1, -0.05) is 18.2 Å². The lowest BCUT2D eigenvalue weighted by Crippen LogP contribution is -2.14. The molecule has 0 saturated carbocycles. The van der Waals surface area contributed by atoms with Gasteiger partial charge in [-0.3, -0.25) is 4.72 Å². The van der Waals surface area contributed by atoms with Gasteiger partial charge in [0, 0.05) is 16.6 Å². The normalized spacial score (nSPS) is 11.5. The largest absolute Gasteiger partial charge is 0.277 e. The topological polar surface area (TPSA) is 59.1 Å². The van der Waals surface area contributed by atoms with Crippen molar-refractivity contribution in [3.05, 3.63) is 59.4 Å². The summed E-state index contributed by atoms with van der Waals surface area (Å²) < 4.78 is 41.5. The van der Waals surface area contributed by atoms with Crippen LogP contribution < -0.4 is 4.72 Å². The number of aryl methyl sites for hydroxylation is 1. The molecule has 0 bridgehead atoms. The van der Waals surface area contributed by atoms with Crippen LogP contribution in [0.2, 0.25) is 0 Å². The first-order chi connectivity index (χ1) is 11.4. The molecule has 1 N–H and O–H groups in total. The fourth-order valence-electron chi connectivity index (χ4n) is 2.10. The Labute approximate surface area is 148 Å². The van der Waals surface area contributed by atoms with E-state index in [2.05, 4.69) is 22.3 Å². The number of hydrogen-bond donors (Lipinski definition) is 2. The second-order valence-electron chi connectivity index (χ2n) is 5.04. The highest BCUT2D eigenvalue weighted by atomic mass is 32.2. The van der Waals surface area contributed by atoms with Crippen molar-refractivity contribution in [1.29, 1.82) is 0 Å². The van der Waals surface area contributed by atoms with E-state index in [-0.39, 0.29) is 15.5 Å². The number of hydrogen-bond acceptors (Lipinski definition) is 5. The molecule has 3 aromatic rings. The van der Waals surface area contributed by atoms with Crippen molar-refractivity contribution >= 4 is 39.7 Å². The van der Waals surface area contributed by atoms with E-state index in [1.165, 1.54) is 29.5 Å². The Morgan fingerprint density at radius 2 is 1.88 bits per heavy atom. The van der Waals surface area contributed by atoms with Crippen LogP contribution in [0, 0.1) is 12.7 Å². The zero-order valence-corrected chi connectivity index (χ0v) is 15.1. The lowest BCUT2D eigenvalue weighted by atomic mass is 10.2. The number of nitrogens with one attached hydrogen (secondary N) is 1. The molecule has 0 aliphatic heterocycles. The van der Waals surface area contributed by atoms with Gasteiger partial charge in [0.05, 0.1) is 15.5 Å². The Morgan fingerprint density at radius 1 is 1.17 bits per heavy atom. The fourth-order valence-corrected chi connectivity index (χ4v) is 4.38. The molecule has 0 saturated heterocycles. The summed E-state index contributed by atoms with van der Waals surface area (Å²) in [5, 5.41) is 2.49. The third kappa shape index (κ3) is 3.31. The second kappa shape index (κ2) is 6.54. The van der Waals surface area contributed by atoms with Crippen molar-refractivity contribution in [2.75, 3.05) is 4.72 Å². The van der Waals surface area contributed by atoms with E-state index in [0.29, 0.717) is 10.6 Å². The van der Waals surface area contributed by atoms with Crippen molar-refractivity contribution < 1.29 is 12.8 Å². The van der Waals surface area contributed by atoms with Crippen LogP contribution in [0.5, 0.6) is 0 Å². The molecular formula is C16H13FN2O2S3. The SMILES string of the molecule is Cc1csc(-c2ccc(NS(=O)(=O)c3ccccc3)c(F)c2S)n1. The summed E-state index contributed by atoms with van der Waals surface area (Å²) in [5.41, 5.74) is 1.20.